The van der Waals surface area contributed by atoms with E-state index in [2.05, 4.69) is 15.7 Å². The van der Waals surface area contributed by atoms with Crippen LogP contribution in [0.1, 0.15) is 16.7 Å². The second kappa shape index (κ2) is 6.39. The number of rotatable bonds is 4. The zero-order chi connectivity index (χ0) is 16.4. The van der Waals surface area contributed by atoms with E-state index in [1.807, 2.05) is 44.3 Å². The molecule has 2 amide bonds. The monoisotopic (exact) mass is 330 g/mol. The van der Waals surface area contributed by atoms with Crippen LogP contribution in [0.5, 0.6) is 0 Å². The third kappa shape index (κ3) is 3.52. The molecular formula is C16H18N4O2S. The summed E-state index contributed by atoms with van der Waals surface area (Å²) < 4.78 is 2.80. The first-order chi connectivity index (χ1) is 11.0. The van der Waals surface area contributed by atoms with Gasteiger partial charge in [0.15, 0.2) is 5.82 Å². The van der Waals surface area contributed by atoms with Crippen molar-refractivity contribution >= 4 is 33.3 Å². The van der Waals surface area contributed by atoms with E-state index >= 15 is 0 Å². The van der Waals surface area contributed by atoms with Crippen molar-refractivity contribution in [1.29, 1.82) is 0 Å². The van der Waals surface area contributed by atoms with Crippen molar-refractivity contribution in [3.05, 3.63) is 47.0 Å². The molecule has 0 saturated carbocycles. The fraction of sp³-hybridized carbons (Fsp3) is 0.250. The van der Waals surface area contributed by atoms with Gasteiger partial charge in [-0.25, -0.2) is 4.79 Å². The van der Waals surface area contributed by atoms with Crippen LogP contribution in [-0.4, -0.2) is 27.5 Å². The van der Waals surface area contributed by atoms with E-state index < -0.39 is 6.10 Å². The van der Waals surface area contributed by atoms with Crippen LogP contribution in [0.25, 0.3) is 10.1 Å². The van der Waals surface area contributed by atoms with E-state index in [-0.39, 0.29) is 12.6 Å². The number of hydrogen-bond donors (Lipinski definition) is 3. The van der Waals surface area contributed by atoms with Crippen molar-refractivity contribution in [2.75, 3.05) is 11.9 Å². The smallest absolute Gasteiger partial charge is 0.320 e. The molecule has 3 aromatic rings. The molecular weight excluding hydrogens is 312 g/mol. The number of urea groups is 1. The molecule has 0 aliphatic rings. The number of aromatic nitrogens is 2. The Morgan fingerprint density at radius 2 is 2.17 bits per heavy atom. The molecule has 0 bridgehead atoms. The van der Waals surface area contributed by atoms with E-state index in [9.17, 15) is 9.90 Å². The molecule has 1 atom stereocenters. The summed E-state index contributed by atoms with van der Waals surface area (Å²) in [5.74, 6) is 0.485. The first-order valence-corrected chi connectivity index (χ1v) is 8.06. The van der Waals surface area contributed by atoms with Crippen LogP contribution in [0.15, 0.2) is 36.4 Å². The number of benzene rings is 1. The maximum atomic E-state index is 11.9. The number of anilines is 1. The van der Waals surface area contributed by atoms with Gasteiger partial charge in [-0.3, -0.25) is 10.00 Å². The molecule has 0 spiro atoms. The van der Waals surface area contributed by atoms with Gasteiger partial charge in [0.1, 0.15) is 6.10 Å². The van der Waals surface area contributed by atoms with Gasteiger partial charge in [0, 0.05) is 28.4 Å². The van der Waals surface area contributed by atoms with Crippen molar-refractivity contribution in [1.82, 2.24) is 15.1 Å². The van der Waals surface area contributed by atoms with Gasteiger partial charge in [-0.2, -0.15) is 5.10 Å². The highest BCUT2D eigenvalue weighted by Crippen LogP contribution is 2.29. The second-order valence-corrected chi connectivity index (χ2v) is 6.45. The van der Waals surface area contributed by atoms with Crippen LogP contribution >= 0.6 is 11.3 Å². The van der Waals surface area contributed by atoms with Crippen molar-refractivity contribution < 1.29 is 9.90 Å². The quantitative estimate of drug-likeness (QED) is 0.688. The molecule has 6 nitrogen and oxygen atoms in total. The number of thiophene rings is 1. The summed E-state index contributed by atoms with van der Waals surface area (Å²) in [6.45, 7) is 2.05. The van der Waals surface area contributed by atoms with Gasteiger partial charge in [0.2, 0.25) is 0 Å². The molecule has 2 aromatic heterocycles. The molecule has 23 heavy (non-hydrogen) atoms. The lowest BCUT2D eigenvalue weighted by molar-refractivity contribution is 0.178. The number of aliphatic hydroxyl groups excluding tert-OH is 1. The number of aliphatic hydroxyl groups is 1. The molecule has 0 saturated heterocycles. The van der Waals surface area contributed by atoms with Crippen LogP contribution in [0.3, 0.4) is 0 Å². The number of carbonyl (C=O) groups is 1. The van der Waals surface area contributed by atoms with Crippen LogP contribution < -0.4 is 10.6 Å². The molecule has 7 heteroatoms. The standard InChI is InChI=1S/C16H18N4O2S/c1-10-7-15(19-20(10)2)18-16(22)17-9-12(21)14-8-11-5-3-4-6-13(11)23-14/h3-8,12,21H,9H2,1-2H3,(H2,17,18,19,22). The highest BCUT2D eigenvalue weighted by atomic mass is 32.1. The lowest BCUT2D eigenvalue weighted by Gasteiger charge is -2.10. The fourth-order valence-electron chi connectivity index (χ4n) is 2.24. The van der Waals surface area contributed by atoms with Gasteiger partial charge >= 0.3 is 6.03 Å². The van der Waals surface area contributed by atoms with E-state index in [1.165, 1.54) is 11.3 Å². The minimum Gasteiger partial charge on any atom is -0.386 e. The summed E-state index contributed by atoms with van der Waals surface area (Å²) in [6.07, 6.45) is -0.733. The largest absolute Gasteiger partial charge is 0.386 e. The molecule has 120 valence electrons. The molecule has 1 unspecified atom stereocenters. The van der Waals surface area contributed by atoms with E-state index in [0.29, 0.717) is 5.82 Å². The summed E-state index contributed by atoms with van der Waals surface area (Å²) in [6, 6.07) is 11.3. The van der Waals surface area contributed by atoms with E-state index in [1.54, 1.807) is 10.7 Å². The minimum atomic E-state index is -0.733. The molecule has 0 aliphatic carbocycles. The molecule has 0 fully saturated rings. The number of carbonyl (C=O) groups excluding carboxylic acids is 1. The number of aryl methyl sites for hydroxylation is 2. The number of nitrogens with one attached hydrogen (secondary N) is 2. The van der Waals surface area contributed by atoms with Gasteiger partial charge in [0.05, 0.1) is 6.54 Å². The number of nitrogens with zero attached hydrogens (tertiary/aromatic N) is 2. The first kappa shape index (κ1) is 15.5. The third-order valence-corrected chi connectivity index (χ3v) is 4.80. The lowest BCUT2D eigenvalue weighted by atomic mass is 10.2. The predicted molar refractivity (Wildman–Crippen MR) is 91.8 cm³/mol. The molecule has 0 aliphatic heterocycles. The Balaban J connectivity index is 1.57. The van der Waals surface area contributed by atoms with Crippen LogP contribution in [-0.2, 0) is 7.05 Å². The molecule has 2 heterocycles. The maximum absolute atomic E-state index is 11.9. The van der Waals surface area contributed by atoms with Gasteiger partial charge in [-0.1, -0.05) is 18.2 Å². The van der Waals surface area contributed by atoms with Crippen LogP contribution in [0.4, 0.5) is 10.6 Å². The van der Waals surface area contributed by atoms with Gasteiger partial charge < -0.3 is 10.4 Å². The third-order valence-electron chi connectivity index (χ3n) is 3.58. The summed E-state index contributed by atoms with van der Waals surface area (Å²) in [4.78, 5) is 12.7. The zero-order valence-electron chi connectivity index (χ0n) is 12.9. The van der Waals surface area contributed by atoms with Gasteiger partial charge in [-0.15, -0.1) is 11.3 Å². The van der Waals surface area contributed by atoms with Crippen molar-refractivity contribution in [3.8, 4) is 0 Å². The van der Waals surface area contributed by atoms with E-state index in [0.717, 1.165) is 20.7 Å². The average Bonchev–Trinajstić information content (AvgIpc) is 3.08. The Hall–Kier alpha value is -2.38. The SMILES string of the molecule is Cc1cc(NC(=O)NCC(O)c2cc3ccccc3s2)nn1C. The Kier molecular flexibility index (Phi) is 4.31. The number of fused-ring (bicyclic) bond motifs is 1. The van der Waals surface area contributed by atoms with Crippen LogP contribution in [0.2, 0.25) is 0 Å². The zero-order valence-corrected chi connectivity index (χ0v) is 13.7. The fourth-order valence-corrected chi connectivity index (χ4v) is 3.29. The minimum absolute atomic E-state index is 0.143. The summed E-state index contributed by atoms with van der Waals surface area (Å²) in [5, 5.41) is 20.8. The normalized spacial score (nSPS) is 12.3. The van der Waals surface area contributed by atoms with Gasteiger partial charge in [0.25, 0.3) is 0 Å². The Labute approximate surface area is 137 Å². The summed E-state index contributed by atoms with van der Waals surface area (Å²) in [5.41, 5.74) is 0.950. The Morgan fingerprint density at radius 3 is 2.87 bits per heavy atom. The van der Waals surface area contributed by atoms with Crippen molar-refractivity contribution in [2.45, 2.75) is 13.0 Å². The molecule has 0 radical (unpaired) electrons. The number of amides is 2. The topological polar surface area (TPSA) is 79.2 Å². The highest BCUT2D eigenvalue weighted by molar-refractivity contribution is 7.19. The summed E-state index contributed by atoms with van der Waals surface area (Å²) >= 11 is 1.53. The highest BCUT2D eigenvalue weighted by Gasteiger charge is 2.13. The van der Waals surface area contributed by atoms with Crippen molar-refractivity contribution in [2.24, 2.45) is 7.05 Å². The number of hydrogen-bond acceptors (Lipinski definition) is 4. The lowest BCUT2D eigenvalue weighted by Crippen LogP contribution is -2.32. The first-order valence-electron chi connectivity index (χ1n) is 7.25. The maximum Gasteiger partial charge on any atom is 0.320 e. The second-order valence-electron chi connectivity index (χ2n) is 5.33. The average molecular weight is 330 g/mol. The molecule has 3 N–H and O–H groups in total. The Bertz CT molecular complexity index is 787. The predicted octanol–water partition coefficient (Wildman–Crippen LogP) is 2.80. The van der Waals surface area contributed by atoms with Crippen LogP contribution in [0, 0.1) is 6.92 Å². The Morgan fingerprint density at radius 1 is 1.39 bits per heavy atom. The van der Waals surface area contributed by atoms with Gasteiger partial charge in [-0.05, 0) is 24.4 Å². The van der Waals surface area contributed by atoms with Crippen molar-refractivity contribution in [3.63, 3.8) is 0 Å². The molecule has 3 rings (SSSR count). The molecule has 1 aromatic carbocycles. The van der Waals surface area contributed by atoms with E-state index in [4.69, 9.17) is 0 Å². The summed E-state index contributed by atoms with van der Waals surface area (Å²) in [7, 11) is 1.81.